The number of hydrogen-bond donors (Lipinski definition) is 2. The fraction of sp³-hybridized carbons (Fsp3) is 0.647. The molecule has 2 N–H and O–H groups in total. The smallest absolute Gasteiger partial charge is 0.0434 e. The molecule has 2 heteroatoms. The molecule has 0 aromatic heterocycles. The van der Waals surface area contributed by atoms with Crippen molar-refractivity contribution in [2.75, 3.05) is 13.2 Å². The molecule has 2 atom stereocenters. The van der Waals surface area contributed by atoms with Gasteiger partial charge in [-0.25, -0.2) is 0 Å². The summed E-state index contributed by atoms with van der Waals surface area (Å²) in [4.78, 5) is 0. The number of aliphatic hydroxyl groups is 1. The van der Waals surface area contributed by atoms with E-state index in [0.29, 0.717) is 18.6 Å². The summed E-state index contributed by atoms with van der Waals surface area (Å²) in [6, 6.07) is 11.1. The van der Waals surface area contributed by atoms with E-state index in [1.165, 1.54) is 31.2 Å². The van der Waals surface area contributed by atoms with Crippen molar-refractivity contribution in [3.63, 3.8) is 0 Å². The van der Waals surface area contributed by atoms with Crippen molar-refractivity contribution in [3.8, 4) is 0 Å². The van der Waals surface area contributed by atoms with E-state index in [0.717, 1.165) is 13.0 Å². The van der Waals surface area contributed by atoms with Gasteiger partial charge in [-0.3, -0.25) is 0 Å². The van der Waals surface area contributed by atoms with E-state index in [2.05, 4.69) is 49.5 Å². The summed E-state index contributed by atoms with van der Waals surface area (Å²) < 4.78 is 0. The number of rotatable bonds is 10. The van der Waals surface area contributed by atoms with Crippen LogP contribution in [0.5, 0.6) is 0 Å². The van der Waals surface area contributed by atoms with Crippen LogP contribution in [0.2, 0.25) is 0 Å². The van der Waals surface area contributed by atoms with Gasteiger partial charge in [0.25, 0.3) is 0 Å². The summed E-state index contributed by atoms with van der Waals surface area (Å²) in [5.41, 5.74) is 1.38. The third kappa shape index (κ3) is 6.22. The van der Waals surface area contributed by atoms with E-state index < -0.39 is 0 Å². The molecule has 19 heavy (non-hydrogen) atoms. The third-order valence-electron chi connectivity index (χ3n) is 3.67. The summed E-state index contributed by atoms with van der Waals surface area (Å²) in [6.07, 6.45) is 5.65. The van der Waals surface area contributed by atoms with Gasteiger partial charge in [-0.05, 0) is 37.3 Å². The van der Waals surface area contributed by atoms with Crippen LogP contribution in [0, 0.1) is 5.92 Å². The minimum absolute atomic E-state index is 0.302. The highest BCUT2D eigenvalue weighted by molar-refractivity contribution is 5.18. The average Bonchev–Trinajstić information content (AvgIpc) is 2.44. The van der Waals surface area contributed by atoms with Gasteiger partial charge in [0.15, 0.2) is 0 Å². The Morgan fingerprint density at radius 2 is 1.68 bits per heavy atom. The summed E-state index contributed by atoms with van der Waals surface area (Å²) in [6.45, 7) is 5.75. The Morgan fingerprint density at radius 1 is 1.00 bits per heavy atom. The zero-order chi connectivity index (χ0) is 13.9. The van der Waals surface area contributed by atoms with Gasteiger partial charge in [-0.15, -0.1) is 0 Å². The maximum atomic E-state index is 9.12. The highest BCUT2D eigenvalue weighted by Crippen LogP contribution is 2.19. The number of hydrogen-bond acceptors (Lipinski definition) is 2. The van der Waals surface area contributed by atoms with Crippen LogP contribution in [-0.2, 0) is 0 Å². The maximum Gasteiger partial charge on any atom is 0.0434 e. The van der Waals surface area contributed by atoms with Crippen LogP contribution >= 0.6 is 0 Å². The fourth-order valence-corrected chi connectivity index (χ4v) is 2.61. The Morgan fingerprint density at radius 3 is 2.26 bits per heavy atom. The zero-order valence-corrected chi connectivity index (χ0v) is 12.4. The molecule has 0 fully saturated rings. The third-order valence-corrected chi connectivity index (χ3v) is 3.67. The minimum Gasteiger partial charge on any atom is -0.396 e. The molecule has 0 aliphatic carbocycles. The first-order valence-corrected chi connectivity index (χ1v) is 7.71. The monoisotopic (exact) mass is 263 g/mol. The molecule has 0 saturated carbocycles. The molecule has 1 aromatic rings. The van der Waals surface area contributed by atoms with Crippen LogP contribution < -0.4 is 5.32 Å². The topological polar surface area (TPSA) is 32.3 Å². The van der Waals surface area contributed by atoms with Crippen molar-refractivity contribution >= 4 is 0 Å². The van der Waals surface area contributed by atoms with E-state index >= 15 is 0 Å². The van der Waals surface area contributed by atoms with Gasteiger partial charge < -0.3 is 10.4 Å². The first kappa shape index (κ1) is 16.2. The second-order valence-corrected chi connectivity index (χ2v) is 5.33. The van der Waals surface area contributed by atoms with Crippen molar-refractivity contribution in [1.82, 2.24) is 5.32 Å². The lowest BCUT2D eigenvalue weighted by Crippen LogP contribution is -2.28. The molecule has 0 aliphatic heterocycles. The van der Waals surface area contributed by atoms with Gasteiger partial charge in [0.1, 0.15) is 0 Å². The molecule has 108 valence electrons. The quantitative estimate of drug-likeness (QED) is 0.670. The lowest BCUT2D eigenvalue weighted by Gasteiger charge is -2.23. The molecule has 0 bridgehead atoms. The van der Waals surface area contributed by atoms with Crippen molar-refractivity contribution in [3.05, 3.63) is 35.9 Å². The Labute approximate surface area is 118 Å². The second kappa shape index (κ2) is 9.99. The standard InChI is InChI=1S/C17H29NO/c1-3-8-15(12-13-19)14-18-17(9-4-2)16-10-6-5-7-11-16/h5-7,10-11,15,17-19H,3-4,8-9,12-14H2,1-2H3. The van der Waals surface area contributed by atoms with Crippen molar-refractivity contribution < 1.29 is 5.11 Å². The first-order chi connectivity index (χ1) is 9.31. The Kier molecular flexibility index (Phi) is 8.52. The lowest BCUT2D eigenvalue weighted by molar-refractivity contribution is 0.244. The van der Waals surface area contributed by atoms with Gasteiger partial charge in [0.2, 0.25) is 0 Å². The molecule has 2 nitrogen and oxygen atoms in total. The Hall–Kier alpha value is -0.860. The van der Waals surface area contributed by atoms with Gasteiger partial charge in [-0.1, -0.05) is 57.0 Å². The molecular weight excluding hydrogens is 234 g/mol. The van der Waals surface area contributed by atoms with E-state index in [1.54, 1.807) is 0 Å². The first-order valence-electron chi connectivity index (χ1n) is 7.71. The largest absolute Gasteiger partial charge is 0.396 e. The van der Waals surface area contributed by atoms with E-state index in [9.17, 15) is 0 Å². The van der Waals surface area contributed by atoms with Crippen LogP contribution in [0.1, 0.15) is 57.6 Å². The zero-order valence-electron chi connectivity index (χ0n) is 12.4. The molecule has 0 radical (unpaired) electrons. The van der Waals surface area contributed by atoms with E-state index in [-0.39, 0.29) is 0 Å². The predicted molar refractivity (Wildman–Crippen MR) is 82.2 cm³/mol. The van der Waals surface area contributed by atoms with Gasteiger partial charge in [0, 0.05) is 12.6 Å². The minimum atomic E-state index is 0.302. The van der Waals surface area contributed by atoms with E-state index in [4.69, 9.17) is 5.11 Å². The number of benzene rings is 1. The maximum absolute atomic E-state index is 9.12. The molecule has 0 spiro atoms. The summed E-state index contributed by atoms with van der Waals surface area (Å²) in [5, 5.41) is 12.8. The fourth-order valence-electron chi connectivity index (χ4n) is 2.61. The van der Waals surface area contributed by atoms with Crippen molar-refractivity contribution in [1.29, 1.82) is 0 Å². The van der Waals surface area contributed by atoms with Crippen LogP contribution in [0.4, 0.5) is 0 Å². The highest BCUT2D eigenvalue weighted by atomic mass is 16.3. The normalized spacial score (nSPS) is 14.3. The lowest BCUT2D eigenvalue weighted by atomic mass is 9.97. The summed E-state index contributed by atoms with van der Waals surface area (Å²) in [5.74, 6) is 0.595. The van der Waals surface area contributed by atoms with Crippen molar-refractivity contribution in [2.45, 2.75) is 52.0 Å². The van der Waals surface area contributed by atoms with Gasteiger partial charge >= 0.3 is 0 Å². The molecule has 2 unspecified atom stereocenters. The van der Waals surface area contributed by atoms with Crippen LogP contribution in [0.3, 0.4) is 0 Å². The summed E-state index contributed by atoms with van der Waals surface area (Å²) >= 11 is 0. The molecule has 0 heterocycles. The SMILES string of the molecule is CCCC(CCO)CNC(CCC)c1ccccc1. The molecular formula is C17H29NO. The molecule has 1 rings (SSSR count). The molecule has 1 aromatic carbocycles. The van der Waals surface area contributed by atoms with Gasteiger partial charge in [-0.2, -0.15) is 0 Å². The highest BCUT2D eigenvalue weighted by Gasteiger charge is 2.13. The van der Waals surface area contributed by atoms with Crippen LogP contribution in [0.25, 0.3) is 0 Å². The molecule has 0 aliphatic rings. The predicted octanol–water partition coefficient (Wildman–Crippen LogP) is 3.92. The number of aliphatic hydroxyl groups excluding tert-OH is 1. The van der Waals surface area contributed by atoms with Gasteiger partial charge in [0.05, 0.1) is 0 Å². The second-order valence-electron chi connectivity index (χ2n) is 5.33. The van der Waals surface area contributed by atoms with E-state index in [1.807, 2.05) is 0 Å². The van der Waals surface area contributed by atoms with Crippen molar-refractivity contribution in [2.24, 2.45) is 5.92 Å². The Balaban J connectivity index is 2.53. The molecule has 0 amide bonds. The average molecular weight is 263 g/mol. The Bertz CT molecular complexity index is 306. The van der Waals surface area contributed by atoms with Crippen LogP contribution in [-0.4, -0.2) is 18.3 Å². The number of nitrogens with one attached hydrogen (secondary N) is 1. The van der Waals surface area contributed by atoms with Crippen LogP contribution in [0.15, 0.2) is 30.3 Å². The molecule has 0 saturated heterocycles. The summed E-state index contributed by atoms with van der Waals surface area (Å²) in [7, 11) is 0.